The van der Waals surface area contributed by atoms with Gasteiger partial charge in [-0.05, 0) is 24.5 Å². The van der Waals surface area contributed by atoms with Crippen LogP contribution < -0.4 is 10.4 Å². The Hall–Kier alpha value is -1.91. The Bertz CT molecular complexity index is 365. The van der Waals surface area contributed by atoms with Gasteiger partial charge in [0.2, 0.25) is 5.91 Å². The molecule has 16 heavy (non-hydrogen) atoms. The van der Waals surface area contributed by atoms with Crippen LogP contribution in [0.4, 0.5) is 5.69 Å². The molecule has 0 radical (unpaired) electrons. The molecule has 0 aliphatic rings. The number of nitrogens with one attached hydrogen (secondary N) is 1. The van der Waals surface area contributed by atoms with Crippen LogP contribution in [0.3, 0.4) is 0 Å². The molecule has 0 fully saturated rings. The highest BCUT2D eigenvalue weighted by molar-refractivity contribution is 5.90. The van der Waals surface area contributed by atoms with Crippen molar-refractivity contribution in [1.82, 2.24) is 4.98 Å². The lowest BCUT2D eigenvalue weighted by Crippen LogP contribution is -2.26. The van der Waals surface area contributed by atoms with Gasteiger partial charge in [0.25, 0.3) is 0 Å². The number of hydrogen-bond acceptors (Lipinski definition) is 4. The topological polar surface area (TPSA) is 82.1 Å². The van der Waals surface area contributed by atoms with E-state index in [1.807, 2.05) is 0 Å². The molecule has 5 heteroatoms. The Morgan fingerprint density at radius 1 is 1.50 bits per heavy atom. The smallest absolute Gasteiger partial charge is 0.224 e. The zero-order chi connectivity index (χ0) is 12.0. The van der Waals surface area contributed by atoms with Crippen LogP contribution in [0.25, 0.3) is 0 Å². The molecular weight excluding hydrogens is 208 g/mol. The summed E-state index contributed by atoms with van der Waals surface area (Å²) >= 11 is 0. The third-order valence-corrected chi connectivity index (χ3v) is 1.99. The van der Waals surface area contributed by atoms with Gasteiger partial charge in [-0.15, -0.1) is 0 Å². The third-order valence-electron chi connectivity index (χ3n) is 1.99. The Labute approximate surface area is 93.5 Å². The summed E-state index contributed by atoms with van der Waals surface area (Å²) in [5.74, 6) is -1.59. The van der Waals surface area contributed by atoms with Gasteiger partial charge in [0, 0.05) is 18.6 Å². The maximum atomic E-state index is 11.5. The molecule has 1 aromatic heterocycles. The van der Waals surface area contributed by atoms with E-state index in [2.05, 4.69) is 10.3 Å². The van der Waals surface area contributed by atoms with Crippen LogP contribution in [0.2, 0.25) is 0 Å². The minimum atomic E-state index is -1.14. The Balaban J connectivity index is 2.39. The zero-order valence-electron chi connectivity index (χ0n) is 8.97. The molecule has 1 rings (SSSR count). The summed E-state index contributed by atoms with van der Waals surface area (Å²) in [5.41, 5.74) is 0.605. The van der Waals surface area contributed by atoms with Crippen molar-refractivity contribution in [2.24, 2.45) is 5.92 Å². The standard InChI is InChI=1S/C11H14N2O3/c1-8(6-11(15)16)5-10(14)13-9-3-2-4-12-7-9/h2-4,7-8H,5-6H2,1H3,(H,13,14)(H,15,16)/p-1/t8-/m1/s1. The summed E-state index contributed by atoms with van der Waals surface area (Å²) in [7, 11) is 0. The number of aromatic nitrogens is 1. The van der Waals surface area contributed by atoms with Crippen LogP contribution in [0.5, 0.6) is 0 Å². The van der Waals surface area contributed by atoms with Crippen molar-refractivity contribution in [3.8, 4) is 0 Å². The van der Waals surface area contributed by atoms with Crippen molar-refractivity contribution in [1.29, 1.82) is 0 Å². The molecule has 0 aliphatic carbocycles. The van der Waals surface area contributed by atoms with Crippen LogP contribution in [0, 0.1) is 5.92 Å². The van der Waals surface area contributed by atoms with Gasteiger partial charge in [-0.3, -0.25) is 9.78 Å². The number of amides is 1. The molecule has 0 aliphatic heterocycles. The number of carbonyl (C=O) groups excluding carboxylic acids is 2. The Kier molecular flexibility index (Phi) is 4.44. The molecule has 1 N–H and O–H groups in total. The summed E-state index contributed by atoms with van der Waals surface area (Å²) in [6.45, 7) is 1.69. The molecule has 86 valence electrons. The quantitative estimate of drug-likeness (QED) is 0.769. The lowest BCUT2D eigenvalue weighted by atomic mass is 10.0. The predicted molar refractivity (Wildman–Crippen MR) is 56.3 cm³/mol. The van der Waals surface area contributed by atoms with Gasteiger partial charge in [0.1, 0.15) is 0 Å². The normalized spacial score (nSPS) is 11.8. The number of rotatable bonds is 5. The van der Waals surface area contributed by atoms with Crippen molar-refractivity contribution in [3.63, 3.8) is 0 Å². The van der Waals surface area contributed by atoms with Gasteiger partial charge < -0.3 is 15.2 Å². The van der Waals surface area contributed by atoms with E-state index in [4.69, 9.17) is 0 Å². The third kappa shape index (κ3) is 4.54. The number of carbonyl (C=O) groups is 2. The maximum Gasteiger partial charge on any atom is 0.224 e. The molecular formula is C11H13N2O3-. The van der Waals surface area contributed by atoms with Crippen LogP contribution >= 0.6 is 0 Å². The van der Waals surface area contributed by atoms with E-state index in [9.17, 15) is 14.7 Å². The van der Waals surface area contributed by atoms with Crippen LogP contribution in [0.15, 0.2) is 24.5 Å². The fourth-order valence-corrected chi connectivity index (χ4v) is 1.32. The minimum absolute atomic E-state index is 0.111. The van der Waals surface area contributed by atoms with Crippen molar-refractivity contribution in [3.05, 3.63) is 24.5 Å². The lowest BCUT2D eigenvalue weighted by Gasteiger charge is -2.11. The van der Waals surface area contributed by atoms with Crippen molar-refractivity contribution >= 4 is 17.6 Å². The molecule has 0 spiro atoms. The zero-order valence-corrected chi connectivity index (χ0v) is 8.97. The van der Waals surface area contributed by atoms with Crippen molar-refractivity contribution in [2.75, 3.05) is 5.32 Å². The number of nitrogens with zero attached hydrogens (tertiary/aromatic N) is 1. The highest BCUT2D eigenvalue weighted by Crippen LogP contribution is 2.09. The van der Waals surface area contributed by atoms with Crippen LogP contribution in [-0.2, 0) is 9.59 Å². The SMILES string of the molecule is C[C@@H](CC(=O)[O-])CC(=O)Nc1cccnc1. The van der Waals surface area contributed by atoms with Gasteiger partial charge in [-0.1, -0.05) is 6.92 Å². The Morgan fingerprint density at radius 2 is 2.25 bits per heavy atom. The molecule has 0 saturated heterocycles. The van der Waals surface area contributed by atoms with E-state index in [-0.39, 0.29) is 24.7 Å². The number of carboxylic acid groups (broad SMARTS) is 1. The van der Waals surface area contributed by atoms with Crippen molar-refractivity contribution < 1.29 is 14.7 Å². The van der Waals surface area contributed by atoms with E-state index < -0.39 is 5.97 Å². The Morgan fingerprint density at radius 3 is 2.81 bits per heavy atom. The second-order valence-electron chi connectivity index (χ2n) is 3.68. The maximum absolute atomic E-state index is 11.5. The van der Waals surface area contributed by atoms with E-state index in [0.717, 1.165) is 0 Å². The summed E-state index contributed by atoms with van der Waals surface area (Å²) in [6.07, 6.45) is 3.18. The first-order valence-corrected chi connectivity index (χ1v) is 4.97. The first kappa shape index (κ1) is 12.2. The van der Waals surface area contributed by atoms with Gasteiger partial charge in [0.15, 0.2) is 0 Å². The second-order valence-corrected chi connectivity index (χ2v) is 3.68. The molecule has 0 unspecified atom stereocenters. The molecule has 1 atom stereocenters. The largest absolute Gasteiger partial charge is 0.550 e. The average Bonchev–Trinajstić information content (AvgIpc) is 2.17. The fourth-order valence-electron chi connectivity index (χ4n) is 1.32. The van der Waals surface area contributed by atoms with Crippen LogP contribution in [-0.4, -0.2) is 16.9 Å². The van der Waals surface area contributed by atoms with Gasteiger partial charge >= 0.3 is 0 Å². The average molecular weight is 221 g/mol. The van der Waals surface area contributed by atoms with Gasteiger partial charge in [0.05, 0.1) is 11.9 Å². The highest BCUT2D eigenvalue weighted by atomic mass is 16.4. The monoisotopic (exact) mass is 221 g/mol. The summed E-state index contributed by atoms with van der Waals surface area (Å²) in [5, 5.41) is 12.9. The molecule has 0 bridgehead atoms. The number of carboxylic acids is 1. The lowest BCUT2D eigenvalue weighted by molar-refractivity contribution is -0.306. The van der Waals surface area contributed by atoms with Crippen molar-refractivity contribution in [2.45, 2.75) is 19.8 Å². The van der Waals surface area contributed by atoms with Gasteiger partial charge in [-0.25, -0.2) is 0 Å². The molecule has 1 aromatic rings. The number of hydrogen-bond donors (Lipinski definition) is 1. The fraction of sp³-hybridized carbons (Fsp3) is 0.364. The predicted octanol–water partition coefficient (Wildman–Crippen LogP) is 0.186. The minimum Gasteiger partial charge on any atom is -0.550 e. The summed E-state index contributed by atoms with van der Waals surface area (Å²) < 4.78 is 0. The summed E-state index contributed by atoms with van der Waals surface area (Å²) in [6, 6.07) is 3.43. The van der Waals surface area contributed by atoms with E-state index in [1.165, 1.54) is 6.20 Å². The van der Waals surface area contributed by atoms with Gasteiger partial charge in [-0.2, -0.15) is 0 Å². The molecule has 5 nitrogen and oxygen atoms in total. The number of pyridine rings is 1. The van der Waals surface area contributed by atoms with E-state index >= 15 is 0 Å². The van der Waals surface area contributed by atoms with E-state index in [1.54, 1.807) is 25.3 Å². The first-order chi connectivity index (χ1) is 7.58. The van der Waals surface area contributed by atoms with Crippen LogP contribution in [0.1, 0.15) is 19.8 Å². The first-order valence-electron chi connectivity index (χ1n) is 4.97. The second kappa shape index (κ2) is 5.85. The van der Waals surface area contributed by atoms with E-state index in [0.29, 0.717) is 5.69 Å². The molecule has 1 heterocycles. The number of aliphatic carboxylic acids is 1. The summed E-state index contributed by atoms with van der Waals surface area (Å²) in [4.78, 5) is 25.6. The molecule has 1 amide bonds. The molecule has 0 aromatic carbocycles. The highest BCUT2D eigenvalue weighted by Gasteiger charge is 2.09. The number of anilines is 1. The molecule has 0 saturated carbocycles.